The first-order valence-electron chi connectivity index (χ1n) is 12.5. The maximum Gasteiger partial charge on any atom is 0.338 e. The van der Waals surface area contributed by atoms with Crippen molar-refractivity contribution in [2.24, 2.45) is 0 Å². The molecule has 2 heterocycles. The molecular formula is C30H26FNO8. The van der Waals surface area contributed by atoms with Gasteiger partial charge in [-0.3, -0.25) is 0 Å². The van der Waals surface area contributed by atoms with E-state index >= 15 is 0 Å². The quantitative estimate of drug-likeness (QED) is 0.254. The van der Waals surface area contributed by atoms with Crippen molar-refractivity contribution in [2.75, 3.05) is 19.1 Å². The molecule has 1 saturated heterocycles. The largest absolute Gasteiger partial charge is 0.452 e. The highest BCUT2D eigenvalue weighted by molar-refractivity contribution is 5.90. The van der Waals surface area contributed by atoms with Crippen LogP contribution in [0.3, 0.4) is 0 Å². The number of benzene rings is 3. The molecule has 40 heavy (non-hydrogen) atoms. The summed E-state index contributed by atoms with van der Waals surface area (Å²) >= 11 is 0. The number of fused-ring (bicyclic) bond motifs is 1. The number of esters is 2. The van der Waals surface area contributed by atoms with E-state index in [1.807, 2.05) is 0 Å². The molecule has 10 heteroatoms. The Kier molecular flexibility index (Phi) is 8.18. The Labute approximate surface area is 228 Å². The second-order valence-corrected chi connectivity index (χ2v) is 9.08. The summed E-state index contributed by atoms with van der Waals surface area (Å²) in [5.41, 5.74) is 0.740. The molecule has 206 valence electrons. The van der Waals surface area contributed by atoms with E-state index in [4.69, 9.17) is 23.4 Å². The molecule has 0 radical (unpaired) electrons. The van der Waals surface area contributed by atoms with Crippen LogP contribution in [0.5, 0.6) is 0 Å². The Morgan fingerprint density at radius 2 is 1.45 bits per heavy atom. The van der Waals surface area contributed by atoms with E-state index in [-0.39, 0.29) is 11.1 Å². The fourth-order valence-corrected chi connectivity index (χ4v) is 4.54. The summed E-state index contributed by atoms with van der Waals surface area (Å²) in [4.78, 5) is 38.0. The number of methoxy groups -OCH3 is 1. The predicted octanol–water partition coefficient (Wildman–Crippen LogP) is 4.37. The van der Waals surface area contributed by atoms with Crippen LogP contribution in [0, 0.1) is 0 Å². The summed E-state index contributed by atoms with van der Waals surface area (Å²) in [5.74, 6) is -1.45. The van der Waals surface area contributed by atoms with E-state index < -0.39 is 54.9 Å². The molecule has 5 atom stereocenters. The predicted molar refractivity (Wildman–Crippen MR) is 143 cm³/mol. The minimum Gasteiger partial charge on any atom is -0.452 e. The van der Waals surface area contributed by atoms with Crippen LogP contribution in [0.15, 0.2) is 100 Å². The average Bonchev–Trinajstić information content (AvgIpc) is 2.99. The lowest BCUT2D eigenvalue weighted by atomic mass is 9.95. The normalized spacial score (nSPS) is 22.4. The van der Waals surface area contributed by atoms with E-state index in [0.29, 0.717) is 16.7 Å². The highest BCUT2D eigenvalue weighted by atomic mass is 19.1. The topological polar surface area (TPSA) is 113 Å². The summed E-state index contributed by atoms with van der Waals surface area (Å²) in [6.07, 6.45) is -5.00. The van der Waals surface area contributed by atoms with Gasteiger partial charge in [-0.1, -0.05) is 36.4 Å². The van der Waals surface area contributed by atoms with Crippen molar-refractivity contribution in [2.45, 2.75) is 30.6 Å². The summed E-state index contributed by atoms with van der Waals surface area (Å²) in [5, 5.41) is 3.87. The van der Waals surface area contributed by atoms with Crippen molar-refractivity contribution in [3.63, 3.8) is 0 Å². The second kappa shape index (κ2) is 12.1. The Morgan fingerprint density at radius 3 is 2.05 bits per heavy atom. The van der Waals surface area contributed by atoms with Crippen LogP contribution in [-0.2, 0) is 18.9 Å². The molecule has 5 rings (SSSR count). The number of carbonyl (C=O) groups is 2. The van der Waals surface area contributed by atoms with Gasteiger partial charge in [-0.2, -0.15) is 0 Å². The summed E-state index contributed by atoms with van der Waals surface area (Å²) in [6, 6.07) is 23.4. The monoisotopic (exact) mass is 547 g/mol. The first kappa shape index (κ1) is 27.0. The van der Waals surface area contributed by atoms with Gasteiger partial charge in [-0.15, -0.1) is 0 Å². The molecule has 0 spiro atoms. The van der Waals surface area contributed by atoms with Crippen LogP contribution in [0.2, 0.25) is 0 Å². The fourth-order valence-electron chi connectivity index (χ4n) is 4.54. The van der Waals surface area contributed by atoms with E-state index in [2.05, 4.69) is 5.32 Å². The number of anilines is 1. The lowest BCUT2D eigenvalue weighted by molar-refractivity contribution is -0.249. The molecule has 0 bridgehead atoms. The summed E-state index contributed by atoms with van der Waals surface area (Å²) < 4.78 is 42.6. The lowest BCUT2D eigenvalue weighted by Gasteiger charge is -2.44. The number of ether oxygens (including phenoxy) is 4. The zero-order chi connectivity index (χ0) is 28.1. The number of nitrogens with one attached hydrogen (secondary N) is 1. The van der Waals surface area contributed by atoms with Crippen LogP contribution in [-0.4, -0.2) is 56.4 Å². The SMILES string of the molecule is COC1OC(CF)C(OC(=O)c2ccccc2)C(OC(=O)c2ccccc2)C1Nc1ccc2ccc(=O)oc2c1. The van der Waals surface area contributed by atoms with Gasteiger partial charge in [0, 0.05) is 30.3 Å². The third-order valence-corrected chi connectivity index (χ3v) is 6.49. The Hall–Kier alpha value is -4.54. The highest BCUT2D eigenvalue weighted by Gasteiger charge is 2.51. The van der Waals surface area contributed by atoms with E-state index in [1.54, 1.807) is 84.9 Å². The van der Waals surface area contributed by atoms with Gasteiger partial charge in [0.25, 0.3) is 0 Å². The molecule has 0 saturated carbocycles. The van der Waals surface area contributed by atoms with E-state index in [9.17, 15) is 18.8 Å². The maximum absolute atomic E-state index is 14.3. The van der Waals surface area contributed by atoms with Crippen molar-refractivity contribution in [1.29, 1.82) is 0 Å². The Morgan fingerprint density at radius 1 is 0.850 bits per heavy atom. The molecule has 9 nitrogen and oxygen atoms in total. The number of halogens is 1. The minimum absolute atomic E-state index is 0.233. The number of hydrogen-bond donors (Lipinski definition) is 1. The molecule has 1 aromatic heterocycles. The van der Waals surface area contributed by atoms with Gasteiger partial charge in [0.1, 0.15) is 24.4 Å². The molecular weight excluding hydrogens is 521 g/mol. The van der Waals surface area contributed by atoms with Crippen molar-refractivity contribution in [3.8, 4) is 0 Å². The molecule has 1 aliphatic heterocycles. The highest BCUT2D eigenvalue weighted by Crippen LogP contribution is 2.31. The third kappa shape index (κ3) is 5.88. The van der Waals surface area contributed by atoms with Crippen LogP contribution >= 0.6 is 0 Å². The molecule has 1 aliphatic rings. The van der Waals surface area contributed by atoms with Crippen LogP contribution < -0.4 is 10.9 Å². The van der Waals surface area contributed by atoms with Crippen molar-refractivity contribution >= 4 is 28.6 Å². The van der Waals surface area contributed by atoms with Gasteiger partial charge in [0.05, 0.1) is 11.1 Å². The summed E-state index contributed by atoms with van der Waals surface area (Å²) in [7, 11) is 1.36. The average molecular weight is 548 g/mol. The fraction of sp³-hybridized carbons (Fsp3) is 0.233. The van der Waals surface area contributed by atoms with Gasteiger partial charge in [0.15, 0.2) is 18.5 Å². The summed E-state index contributed by atoms with van der Waals surface area (Å²) in [6.45, 7) is -1.04. The van der Waals surface area contributed by atoms with Gasteiger partial charge in [-0.05, 0) is 42.5 Å². The number of hydrogen-bond acceptors (Lipinski definition) is 9. The number of carbonyl (C=O) groups excluding carboxylic acids is 2. The Balaban J connectivity index is 1.52. The third-order valence-electron chi connectivity index (χ3n) is 6.49. The molecule has 0 aliphatic carbocycles. The molecule has 5 unspecified atom stereocenters. The van der Waals surface area contributed by atoms with Gasteiger partial charge in [0.2, 0.25) is 0 Å². The van der Waals surface area contributed by atoms with E-state index in [1.165, 1.54) is 13.2 Å². The van der Waals surface area contributed by atoms with Crippen LogP contribution in [0.25, 0.3) is 11.0 Å². The Bertz CT molecular complexity index is 1530. The van der Waals surface area contributed by atoms with Gasteiger partial charge < -0.3 is 28.7 Å². The molecule has 1 N–H and O–H groups in total. The standard InChI is InChI=1S/C30H26FNO8/c1-36-30-25(32-21-14-12-18-13-15-24(33)37-22(18)16-21)27(40-29(35)20-10-6-3-7-11-20)26(23(17-31)38-30)39-28(34)19-8-4-2-5-9-19/h2-16,23,25-27,30,32H,17H2,1H3. The second-order valence-electron chi connectivity index (χ2n) is 9.08. The lowest BCUT2D eigenvalue weighted by Crippen LogP contribution is -2.63. The minimum atomic E-state index is -1.34. The molecule has 4 aromatic rings. The van der Waals surface area contributed by atoms with Gasteiger partial charge in [-0.25, -0.2) is 18.8 Å². The van der Waals surface area contributed by atoms with Crippen LogP contribution in [0.1, 0.15) is 20.7 Å². The first-order chi connectivity index (χ1) is 19.5. The van der Waals surface area contributed by atoms with Crippen molar-refractivity contribution in [1.82, 2.24) is 0 Å². The first-order valence-corrected chi connectivity index (χ1v) is 12.5. The van der Waals surface area contributed by atoms with Crippen LogP contribution in [0.4, 0.5) is 10.1 Å². The zero-order valence-corrected chi connectivity index (χ0v) is 21.4. The number of rotatable bonds is 8. The molecule has 0 amide bonds. The smallest absolute Gasteiger partial charge is 0.338 e. The number of alkyl halides is 1. The van der Waals surface area contributed by atoms with E-state index in [0.717, 1.165) is 0 Å². The zero-order valence-electron chi connectivity index (χ0n) is 21.4. The molecule has 3 aromatic carbocycles. The molecule has 1 fully saturated rings. The van der Waals surface area contributed by atoms with Crippen molar-refractivity contribution in [3.05, 3.63) is 113 Å². The van der Waals surface area contributed by atoms with Crippen molar-refractivity contribution < 1.29 is 37.3 Å². The maximum atomic E-state index is 14.3. The van der Waals surface area contributed by atoms with Gasteiger partial charge >= 0.3 is 17.6 Å².